The van der Waals surface area contributed by atoms with Gasteiger partial charge in [0.05, 0.1) is 18.2 Å². The summed E-state index contributed by atoms with van der Waals surface area (Å²) in [6, 6.07) is 15.7. The second-order valence-electron chi connectivity index (χ2n) is 5.90. The van der Waals surface area contributed by atoms with Crippen molar-refractivity contribution in [2.24, 2.45) is 0 Å². The molecule has 24 heavy (non-hydrogen) atoms. The third kappa shape index (κ3) is 2.74. The van der Waals surface area contributed by atoms with Crippen molar-refractivity contribution in [3.63, 3.8) is 0 Å². The monoisotopic (exact) mass is 319 g/mol. The van der Waals surface area contributed by atoms with Gasteiger partial charge in [0.2, 0.25) is 0 Å². The minimum atomic E-state index is -0.542. The van der Waals surface area contributed by atoms with Crippen molar-refractivity contribution >= 4 is 17.6 Å². The fraction of sp³-hybridized carbons (Fsp3) is 0.211. The van der Waals surface area contributed by atoms with Crippen LogP contribution in [0.3, 0.4) is 0 Å². The Hall–Kier alpha value is -3.13. The van der Waals surface area contributed by atoms with E-state index in [1.165, 1.54) is 9.80 Å². The molecule has 3 rings (SSSR count). The molecule has 2 aromatic rings. The smallest absolute Gasteiger partial charge is 0.282 e. The third-order valence-electron chi connectivity index (χ3n) is 4.16. The number of carbonyl (C=O) groups excluding carboxylic acids is 2. The number of benzene rings is 2. The molecule has 0 bridgehead atoms. The van der Waals surface area contributed by atoms with Crippen LogP contribution in [0.5, 0.6) is 0 Å². The normalized spacial score (nSPS) is 17.3. The van der Waals surface area contributed by atoms with Gasteiger partial charge in [-0.05, 0) is 43.7 Å². The minimum absolute atomic E-state index is 0.167. The van der Waals surface area contributed by atoms with Crippen LogP contribution in [0.25, 0.3) is 0 Å². The number of anilines is 1. The van der Waals surface area contributed by atoms with Gasteiger partial charge < -0.3 is 0 Å². The number of carbonyl (C=O) groups is 2. The molecule has 3 amide bonds. The van der Waals surface area contributed by atoms with E-state index in [0.29, 0.717) is 11.3 Å². The van der Waals surface area contributed by atoms with E-state index in [4.69, 9.17) is 5.26 Å². The van der Waals surface area contributed by atoms with E-state index in [0.717, 1.165) is 11.1 Å². The van der Waals surface area contributed by atoms with Crippen molar-refractivity contribution < 1.29 is 9.59 Å². The summed E-state index contributed by atoms with van der Waals surface area (Å²) in [5, 5.41) is 8.98. The fourth-order valence-corrected chi connectivity index (χ4v) is 2.83. The van der Waals surface area contributed by atoms with Gasteiger partial charge in [0.25, 0.3) is 5.91 Å². The molecule has 5 heteroatoms. The Bertz CT molecular complexity index is 836. The Kier molecular flexibility index (Phi) is 4.05. The van der Waals surface area contributed by atoms with Gasteiger partial charge in [-0.25, -0.2) is 4.79 Å². The molecule has 0 saturated carbocycles. The van der Waals surface area contributed by atoms with Crippen molar-refractivity contribution in [1.29, 1.82) is 5.26 Å². The lowest BCUT2D eigenvalue weighted by Crippen LogP contribution is -2.33. The van der Waals surface area contributed by atoms with Gasteiger partial charge in [-0.3, -0.25) is 14.6 Å². The highest BCUT2D eigenvalue weighted by Gasteiger charge is 2.43. The Labute approximate surface area is 140 Å². The van der Waals surface area contributed by atoms with Crippen LogP contribution >= 0.6 is 0 Å². The van der Waals surface area contributed by atoms with Crippen LogP contribution in [0.4, 0.5) is 10.5 Å². The highest BCUT2D eigenvalue weighted by Crippen LogP contribution is 2.27. The summed E-state index contributed by atoms with van der Waals surface area (Å²) in [4.78, 5) is 28.0. The van der Waals surface area contributed by atoms with E-state index >= 15 is 0 Å². The molecule has 1 heterocycles. The minimum Gasteiger partial charge on any atom is -0.282 e. The zero-order valence-corrected chi connectivity index (χ0v) is 13.6. The molecule has 5 nitrogen and oxygen atoms in total. The van der Waals surface area contributed by atoms with Gasteiger partial charge >= 0.3 is 6.03 Å². The largest absolute Gasteiger partial charge is 0.332 e. The summed E-state index contributed by atoms with van der Waals surface area (Å²) < 4.78 is 0. The predicted molar refractivity (Wildman–Crippen MR) is 90.2 cm³/mol. The molecular weight excluding hydrogens is 302 g/mol. The molecule has 2 aromatic carbocycles. The maximum Gasteiger partial charge on any atom is 0.332 e. The summed E-state index contributed by atoms with van der Waals surface area (Å²) in [6.45, 7) is 3.87. The first-order valence-electron chi connectivity index (χ1n) is 7.71. The molecule has 120 valence electrons. The van der Waals surface area contributed by atoms with Gasteiger partial charge in [0, 0.05) is 5.69 Å². The van der Waals surface area contributed by atoms with Gasteiger partial charge in [-0.1, -0.05) is 29.8 Å². The summed E-state index contributed by atoms with van der Waals surface area (Å²) in [6.07, 6.45) is 0. The number of nitriles is 1. The van der Waals surface area contributed by atoms with Crippen LogP contribution in [0.1, 0.15) is 23.6 Å². The number of aryl methyl sites for hydroxylation is 1. The van der Waals surface area contributed by atoms with E-state index in [-0.39, 0.29) is 18.5 Å². The molecular formula is C19H17N3O2. The third-order valence-corrected chi connectivity index (χ3v) is 4.16. The highest BCUT2D eigenvalue weighted by molar-refractivity contribution is 6.13. The summed E-state index contributed by atoms with van der Waals surface area (Å²) in [5.41, 5.74) is 3.07. The lowest BCUT2D eigenvalue weighted by molar-refractivity contribution is -0.127. The predicted octanol–water partition coefficient (Wildman–Crippen LogP) is 3.22. The van der Waals surface area contributed by atoms with Gasteiger partial charge in [-0.15, -0.1) is 0 Å². The highest BCUT2D eigenvalue weighted by atomic mass is 16.2. The topological polar surface area (TPSA) is 64.4 Å². The van der Waals surface area contributed by atoms with Crippen molar-refractivity contribution in [1.82, 2.24) is 4.90 Å². The number of hydrogen-bond acceptors (Lipinski definition) is 3. The van der Waals surface area contributed by atoms with Crippen LogP contribution < -0.4 is 4.90 Å². The molecule has 1 atom stereocenters. The molecule has 0 radical (unpaired) electrons. The summed E-state index contributed by atoms with van der Waals surface area (Å²) in [5.74, 6) is -0.233. The Morgan fingerprint density at radius 1 is 1.12 bits per heavy atom. The SMILES string of the molecule is Cc1ccc(N2C(=O)N(Cc3cccc(C#N)c3)C(=O)C2C)cc1. The number of rotatable bonds is 3. The molecule has 0 spiro atoms. The maximum atomic E-state index is 12.7. The van der Waals surface area contributed by atoms with E-state index in [9.17, 15) is 9.59 Å². The van der Waals surface area contributed by atoms with Crippen molar-refractivity contribution in [2.45, 2.75) is 26.4 Å². The van der Waals surface area contributed by atoms with Crippen molar-refractivity contribution in [3.8, 4) is 6.07 Å². The number of imide groups is 1. The molecule has 0 aromatic heterocycles. The number of hydrogen-bond donors (Lipinski definition) is 0. The van der Waals surface area contributed by atoms with E-state index in [2.05, 4.69) is 6.07 Å². The van der Waals surface area contributed by atoms with Crippen LogP contribution in [-0.4, -0.2) is 22.9 Å². The lowest BCUT2D eigenvalue weighted by atomic mass is 10.1. The Morgan fingerprint density at radius 2 is 1.83 bits per heavy atom. The average molecular weight is 319 g/mol. The average Bonchev–Trinajstić information content (AvgIpc) is 2.80. The first kappa shape index (κ1) is 15.8. The number of amides is 3. The molecule has 1 aliphatic rings. The van der Waals surface area contributed by atoms with E-state index < -0.39 is 6.04 Å². The molecule has 1 aliphatic heterocycles. The second-order valence-corrected chi connectivity index (χ2v) is 5.90. The Balaban J connectivity index is 1.87. The van der Waals surface area contributed by atoms with E-state index in [1.54, 1.807) is 31.2 Å². The number of urea groups is 1. The van der Waals surface area contributed by atoms with E-state index in [1.807, 2.05) is 31.2 Å². The summed E-state index contributed by atoms with van der Waals surface area (Å²) in [7, 11) is 0. The van der Waals surface area contributed by atoms with Gasteiger partial charge in [-0.2, -0.15) is 5.26 Å². The van der Waals surface area contributed by atoms with Crippen molar-refractivity contribution in [2.75, 3.05) is 4.90 Å². The second kappa shape index (κ2) is 6.17. The lowest BCUT2D eigenvalue weighted by Gasteiger charge is -2.19. The molecule has 1 unspecified atom stereocenters. The zero-order valence-electron chi connectivity index (χ0n) is 13.6. The van der Waals surface area contributed by atoms with Gasteiger partial charge in [0.1, 0.15) is 6.04 Å². The number of nitrogens with zero attached hydrogens (tertiary/aromatic N) is 3. The summed E-state index contributed by atoms with van der Waals surface area (Å²) >= 11 is 0. The fourth-order valence-electron chi connectivity index (χ4n) is 2.83. The van der Waals surface area contributed by atoms with Crippen LogP contribution in [0.15, 0.2) is 48.5 Å². The van der Waals surface area contributed by atoms with Crippen LogP contribution in [-0.2, 0) is 11.3 Å². The molecule has 0 N–H and O–H groups in total. The quantitative estimate of drug-likeness (QED) is 0.816. The molecule has 1 saturated heterocycles. The first-order valence-corrected chi connectivity index (χ1v) is 7.71. The zero-order chi connectivity index (χ0) is 17.3. The van der Waals surface area contributed by atoms with Crippen molar-refractivity contribution in [3.05, 3.63) is 65.2 Å². The molecule has 0 aliphatic carbocycles. The molecule has 1 fully saturated rings. The maximum absolute atomic E-state index is 12.7. The Morgan fingerprint density at radius 3 is 2.50 bits per heavy atom. The van der Waals surface area contributed by atoms with Gasteiger partial charge in [0.15, 0.2) is 0 Å². The standard InChI is InChI=1S/C19H17N3O2/c1-13-6-8-17(9-7-13)22-14(2)18(23)21(19(22)24)12-16-5-3-4-15(10-16)11-20/h3-10,14H,12H2,1-2H3. The first-order chi connectivity index (χ1) is 11.5. The van der Waals surface area contributed by atoms with Crippen LogP contribution in [0.2, 0.25) is 0 Å². The van der Waals surface area contributed by atoms with Crippen LogP contribution in [0, 0.1) is 18.3 Å².